The van der Waals surface area contributed by atoms with Crippen molar-refractivity contribution in [1.82, 2.24) is 14.8 Å². The standard InChI is InChI=1S/C26H33F2N3O4.H2/c1-19-15-20(6-7-22(19)34-14-4-13-32)25(33)31-11-8-26(9-12-31)18-30(17-24(27)28)16-23(35-26)21-5-2-3-10-29-21;/h2-3,5-7,10,15,23-24,32H,4,8-9,11-14,16-18H2,1H3;1H. The third-order valence-corrected chi connectivity index (χ3v) is 6.69. The van der Waals surface area contributed by atoms with Gasteiger partial charge in [0.25, 0.3) is 12.3 Å². The van der Waals surface area contributed by atoms with Gasteiger partial charge in [0.15, 0.2) is 0 Å². The van der Waals surface area contributed by atoms with E-state index in [1.165, 1.54) is 0 Å². The van der Waals surface area contributed by atoms with Crippen molar-refractivity contribution in [2.24, 2.45) is 0 Å². The predicted molar refractivity (Wildman–Crippen MR) is 129 cm³/mol. The number of ether oxygens (including phenoxy) is 2. The number of aliphatic hydroxyl groups is 1. The maximum absolute atomic E-state index is 13.2. The first-order valence-corrected chi connectivity index (χ1v) is 12.1. The van der Waals surface area contributed by atoms with Gasteiger partial charge in [0.05, 0.1) is 24.4 Å². The van der Waals surface area contributed by atoms with Crippen molar-refractivity contribution in [3.63, 3.8) is 0 Å². The van der Waals surface area contributed by atoms with E-state index < -0.39 is 12.0 Å². The van der Waals surface area contributed by atoms with Gasteiger partial charge in [0.2, 0.25) is 0 Å². The molecule has 3 heterocycles. The van der Waals surface area contributed by atoms with Crippen molar-refractivity contribution in [3.8, 4) is 5.75 Å². The Morgan fingerprint density at radius 1 is 1.31 bits per heavy atom. The van der Waals surface area contributed by atoms with Crippen molar-refractivity contribution in [3.05, 3.63) is 59.4 Å². The molecule has 1 aromatic heterocycles. The van der Waals surface area contributed by atoms with E-state index in [0.29, 0.717) is 63.4 Å². The number of amides is 1. The van der Waals surface area contributed by atoms with Gasteiger partial charge in [0.1, 0.15) is 11.9 Å². The lowest BCUT2D eigenvalue weighted by molar-refractivity contribution is -0.181. The number of benzene rings is 1. The molecule has 35 heavy (non-hydrogen) atoms. The zero-order valence-corrected chi connectivity index (χ0v) is 20.0. The van der Waals surface area contributed by atoms with Crippen molar-refractivity contribution < 1.29 is 29.6 Å². The fraction of sp³-hybridized carbons (Fsp3) is 0.538. The molecule has 7 nitrogen and oxygen atoms in total. The van der Waals surface area contributed by atoms with Crippen LogP contribution in [0.3, 0.4) is 0 Å². The molecule has 2 aliphatic rings. The van der Waals surface area contributed by atoms with E-state index in [-0.39, 0.29) is 26.6 Å². The van der Waals surface area contributed by atoms with Crippen LogP contribution in [-0.4, -0.2) is 83.8 Å². The quantitative estimate of drug-likeness (QED) is 0.568. The zero-order chi connectivity index (χ0) is 24.8. The molecule has 1 atom stereocenters. The molecule has 1 aromatic carbocycles. The van der Waals surface area contributed by atoms with E-state index in [9.17, 15) is 13.6 Å². The van der Waals surface area contributed by atoms with E-state index in [0.717, 1.165) is 11.3 Å². The fourth-order valence-electron chi connectivity index (χ4n) is 4.90. The van der Waals surface area contributed by atoms with Gasteiger partial charge in [-0.1, -0.05) is 6.07 Å². The summed E-state index contributed by atoms with van der Waals surface area (Å²) in [4.78, 5) is 21.1. The minimum Gasteiger partial charge on any atom is -0.493 e. The zero-order valence-electron chi connectivity index (χ0n) is 20.0. The van der Waals surface area contributed by atoms with Gasteiger partial charge in [0, 0.05) is 52.4 Å². The van der Waals surface area contributed by atoms with Crippen LogP contribution in [0.25, 0.3) is 0 Å². The van der Waals surface area contributed by atoms with E-state index in [2.05, 4.69) is 4.98 Å². The number of piperidine rings is 1. The maximum atomic E-state index is 13.2. The number of aliphatic hydroxyl groups excluding tert-OH is 1. The van der Waals surface area contributed by atoms with Crippen LogP contribution < -0.4 is 4.74 Å². The number of hydrogen-bond donors (Lipinski definition) is 1. The fourth-order valence-corrected chi connectivity index (χ4v) is 4.90. The topological polar surface area (TPSA) is 75.1 Å². The summed E-state index contributed by atoms with van der Waals surface area (Å²) in [5, 5.41) is 8.91. The molecule has 9 heteroatoms. The Morgan fingerprint density at radius 2 is 2.11 bits per heavy atom. The Labute approximate surface area is 206 Å². The number of aryl methyl sites for hydroxylation is 1. The molecule has 4 rings (SSSR count). The van der Waals surface area contributed by atoms with Crippen LogP contribution in [0.1, 0.15) is 48.4 Å². The third kappa shape index (κ3) is 6.34. The summed E-state index contributed by atoms with van der Waals surface area (Å²) in [6.45, 7) is 3.84. The summed E-state index contributed by atoms with van der Waals surface area (Å²) in [6.07, 6.45) is 0.575. The Bertz CT molecular complexity index is 990. The summed E-state index contributed by atoms with van der Waals surface area (Å²) in [5.41, 5.74) is 1.59. The van der Waals surface area contributed by atoms with Crippen molar-refractivity contribution in [2.75, 3.05) is 45.9 Å². The molecule has 1 spiro atoms. The van der Waals surface area contributed by atoms with E-state index in [1.54, 1.807) is 28.1 Å². The number of pyridine rings is 1. The maximum Gasteiger partial charge on any atom is 0.253 e. The van der Waals surface area contributed by atoms with E-state index in [1.807, 2.05) is 31.2 Å². The highest BCUT2D eigenvalue weighted by atomic mass is 19.3. The van der Waals surface area contributed by atoms with Crippen LogP contribution in [0, 0.1) is 6.92 Å². The lowest BCUT2D eigenvalue weighted by Gasteiger charge is -2.49. The van der Waals surface area contributed by atoms with E-state index >= 15 is 0 Å². The molecule has 2 fully saturated rings. The molecule has 1 amide bonds. The van der Waals surface area contributed by atoms with Crippen LogP contribution in [-0.2, 0) is 4.74 Å². The Hall–Kier alpha value is -2.62. The molecule has 0 aliphatic carbocycles. The summed E-state index contributed by atoms with van der Waals surface area (Å²) in [7, 11) is 0. The summed E-state index contributed by atoms with van der Waals surface area (Å²) < 4.78 is 38.6. The Kier molecular flexibility index (Phi) is 8.30. The number of nitrogens with zero attached hydrogens (tertiary/aromatic N) is 3. The van der Waals surface area contributed by atoms with Crippen molar-refractivity contribution in [1.29, 1.82) is 0 Å². The molecule has 2 aromatic rings. The molecular weight excluding hydrogens is 456 g/mol. The van der Waals surface area contributed by atoms with Crippen molar-refractivity contribution >= 4 is 5.91 Å². The van der Waals surface area contributed by atoms with Gasteiger partial charge in [-0.3, -0.25) is 14.7 Å². The molecule has 2 saturated heterocycles. The molecule has 192 valence electrons. The SMILES string of the molecule is Cc1cc(C(=O)N2CCC3(CC2)CN(CC(F)F)CC(c2ccccn2)O3)ccc1OCCCO.[HH]. The van der Waals surface area contributed by atoms with Gasteiger partial charge < -0.3 is 19.5 Å². The van der Waals surface area contributed by atoms with Gasteiger partial charge in [-0.25, -0.2) is 8.78 Å². The first-order chi connectivity index (χ1) is 16.9. The van der Waals surface area contributed by atoms with Gasteiger partial charge >= 0.3 is 0 Å². The molecule has 1 N–H and O–H groups in total. The summed E-state index contributed by atoms with van der Waals surface area (Å²) in [5.74, 6) is 0.634. The first-order valence-electron chi connectivity index (χ1n) is 12.1. The molecule has 1 unspecified atom stereocenters. The highest BCUT2D eigenvalue weighted by molar-refractivity contribution is 5.94. The second kappa shape index (κ2) is 11.4. The predicted octanol–water partition coefficient (Wildman–Crippen LogP) is 3.71. The van der Waals surface area contributed by atoms with Gasteiger partial charge in [-0.05, 0) is 55.7 Å². The van der Waals surface area contributed by atoms with Crippen LogP contribution in [0.4, 0.5) is 8.78 Å². The van der Waals surface area contributed by atoms with Gasteiger partial charge in [-0.15, -0.1) is 0 Å². The number of aromatic nitrogens is 1. The number of hydrogen-bond acceptors (Lipinski definition) is 6. The number of morpholine rings is 1. The third-order valence-electron chi connectivity index (χ3n) is 6.69. The molecule has 0 saturated carbocycles. The molecule has 0 radical (unpaired) electrons. The number of halogens is 2. The summed E-state index contributed by atoms with van der Waals surface area (Å²) >= 11 is 0. The number of carbonyl (C=O) groups excluding carboxylic acids is 1. The smallest absolute Gasteiger partial charge is 0.253 e. The highest BCUT2D eigenvalue weighted by Gasteiger charge is 2.44. The van der Waals surface area contributed by atoms with Crippen LogP contribution in [0.5, 0.6) is 5.75 Å². The van der Waals surface area contributed by atoms with Gasteiger partial charge in [-0.2, -0.15) is 0 Å². The van der Waals surface area contributed by atoms with Crippen molar-refractivity contribution in [2.45, 2.75) is 44.3 Å². The second-order valence-corrected chi connectivity index (χ2v) is 9.33. The number of alkyl halides is 2. The largest absolute Gasteiger partial charge is 0.493 e. The highest BCUT2D eigenvalue weighted by Crippen LogP contribution is 2.38. The lowest BCUT2D eigenvalue weighted by atomic mass is 9.87. The molecule has 0 bridgehead atoms. The summed E-state index contributed by atoms with van der Waals surface area (Å²) in [6, 6.07) is 10.9. The molecular formula is C26H35F2N3O4. The number of likely N-dealkylation sites (tertiary alicyclic amines) is 1. The molecule has 2 aliphatic heterocycles. The Morgan fingerprint density at radius 3 is 2.77 bits per heavy atom. The minimum atomic E-state index is -2.42. The van der Waals surface area contributed by atoms with E-state index in [4.69, 9.17) is 14.6 Å². The Balaban J connectivity index is 0.00000361. The average molecular weight is 492 g/mol. The number of rotatable bonds is 8. The monoisotopic (exact) mass is 491 g/mol. The van der Waals surface area contributed by atoms with Crippen LogP contribution in [0.15, 0.2) is 42.6 Å². The number of carbonyl (C=O) groups is 1. The second-order valence-electron chi connectivity index (χ2n) is 9.33. The normalized spacial score (nSPS) is 20.4. The van der Waals surface area contributed by atoms with Crippen LogP contribution in [0.2, 0.25) is 0 Å². The first kappa shape index (κ1) is 25.5. The average Bonchev–Trinajstić information content (AvgIpc) is 2.85. The lowest BCUT2D eigenvalue weighted by Crippen LogP contribution is -2.58. The minimum absolute atomic E-state index is 0. The van der Waals surface area contributed by atoms with Crippen LogP contribution >= 0.6 is 0 Å².